The molecule has 0 fully saturated rings. The first-order chi connectivity index (χ1) is 10.7. The van der Waals surface area contributed by atoms with Crippen LogP contribution in [-0.4, -0.2) is 11.4 Å². The number of carbonyl (C=O) groups is 1. The Hall–Kier alpha value is -2.69. The van der Waals surface area contributed by atoms with Crippen LogP contribution in [0.1, 0.15) is 23.7 Å². The highest BCUT2D eigenvalue weighted by molar-refractivity contribution is 5.54. The molecule has 2 rings (SSSR count). The van der Waals surface area contributed by atoms with Crippen LogP contribution in [-0.2, 0) is 16.1 Å². The van der Waals surface area contributed by atoms with Gasteiger partial charge in [0.05, 0.1) is 0 Å². The molecule has 0 saturated heterocycles. The van der Waals surface area contributed by atoms with Crippen molar-refractivity contribution in [2.24, 2.45) is 5.92 Å². The lowest BCUT2D eigenvalue weighted by Crippen LogP contribution is -2.16. The third-order valence-electron chi connectivity index (χ3n) is 3.43. The van der Waals surface area contributed by atoms with Gasteiger partial charge < -0.3 is 9.63 Å². The Morgan fingerprint density at radius 3 is 2.18 bits per heavy atom. The lowest BCUT2D eigenvalue weighted by molar-refractivity contribution is -0.771. The summed E-state index contributed by atoms with van der Waals surface area (Å²) < 4.78 is 0. The molecule has 0 aliphatic carbocycles. The molecule has 0 saturated carbocycles. The highest BCUT2D eigenvalue weighted by Crippen LogP contribution is 2.26. The van der Waals surface area contributed by atoms with Crippen LogP contribution < -0.4 is 0 Å². The first-order valence-corrected chi connectivity index (χ1v) is 7.04. The van der Waals surface area contributed by atoms with Crippen molar-refractivity contribution in [1.82, 2.24) is 0 Å². The average molecular weight is 299 g/mol. The third kappa shape index (κ3) is 4.70. The molecule has 0 bridgehead atoms. The van der Waals surface area contributed by atoms with Crippen molar-refractivity contribution in [2.45, 2.75) is 18.9 Å². The fourth-order valence-electron chi connectivity index (χ4n) is 2.39. The Balaban J connectivity index is 2.10. The molecule has 2 aromatic carbocycles. The lowest BCUT2D eigenvalue weighted by atomic mass is 9.92. The van der Waals surface area contributed by atoms with Gasteiger partial charge in [-0.2, -0.15) is 0 Å². The maximum atomic E-state index is 11.3. The molecule has 0 aliphatic rings. The van der Waals surface area contributed by atoms with Gasteiger partial charge in [0.15, 0.2) is 0 Å². The van der Waals surface area contributed by atoms with Gasteiger partial charge in [0.1, 0.15) is 12.4 Å². The standard InChI is InChI=1S/C17H17NO4/c19-13-15(11-14-7-3-1-4-8-14)12-17(22-18(20)21)16-9-5-2-6-10-16/h1-10,13,15,17H,11-12H2/t15-,17-/m0/s1. The minimum absolute atomic E-state index is 0.267. The van der Waals surface area contributed by atoms with E-state index in [1.54, 1.807) is 24.3 Å². The Morgan fingerprint density at radius 2 is 1.64 bits per heavy atom. The van der Waals surface area contributed by atoms with Crippen LogP contribution in [0.25, 0.3) is 0 Å². The highest BCUT2D eigenvalue weighted by atomic mass is 17.0. The van der Waals surface area contributed by atoms with Crippen LogP contribution in [0.5, 0.6) is 0 Å². The minimum atomic E-state index is -0.804. The fourth-order valence-corrected chi connectivity index (χ4v) is 2.39. The molecule has 0 spiro atoms. The Bertz CT molecular complexity index is 601. The number of aldehydes is 1. The normalized spacial score (nSPS) is 13.1. The monoisotopic (exact) mass is 299 g/mol. The molecule has 2 atom stereocenters. The van der Waals surface area contributed by atoms with Crippen LogP contribution in [0.3, 0.4) is 0 Å². The zero-order valence-corrected chi connectivity index (χ0v) is 12.0. The molecule has 5 heteroatoms. The van der Waals surface area contributed by atoms with Gasteiger partial charge in [-0.15, -0.1) is 10.1 Å². The first kappa shape index (κ1) is 15.7. The van der Waals surface area contributed by atoms with E-state index in [2.05, 4.69) is 0 Å². The van der Waals surface area contributed by atoms with Gasteiger partial charge in [-0.1, -0.05) is 60.7 Å². The van der Waals surface area contributed by atoms with E-state index >= 15 is 0 Å². The van der Waals surface area contributed by atoms with Gasteiger partial charge in [0, 0.05) is 5.92 Å². The van der Waals surface area contributed by atoms with Crippen LogP contribution in [0.15, 0.2) is 60.7 Å². The molecule has 0 unspecified atom stereocenters. The summed E-state index contributed by atoms with van der Waals surface area (Å²) in [5, 5.41) is 9.90. The predicted octanol–water partition coefficient (Wildman–Crippen LogP) is 3.38. The Morgan fingerprint density at radius 1 is 1.05 bits per heavy atom. The van der Waals surface area contributed by atoms with E-state index in [4.69, 9.17) is 4.84 Å². The maximum Gasteiger partial charge on any atom is 0.295 e. The summed E-state index contributed by atoms with van der Waals surface area (Å²) in [6.45, 7) is 0. The second-order valence-electron chi connectivity index (χ2n) is 5.05. The van der Waals surface area contributed by atoms with E-state index in [0.717, 1.165) is 11.8 Å². The summed E-state index contributed by atoms with van der Waals surface area (Å²) in [5.41, 5.74) is 1.71. The number of nitrogens with zero attached hydrogens (tertiary/aromatic N) is 1. The molecule has 5 nitrogen and oxygen atoms in total. The van der Waals surface area contributed by atoms with Crippen molar-refractivity contribution < 1.29 is 14.7 Å². The summed E-state index contributed by atoms with van der Waals surface area (Å²) in [6.07, 6.45) is 0.903. The van der Waals surface area contributed by atoms with E-state index in [-0.39, 0.29) is 12.3 Å². The number of carbonyl (C=O) groups excluding carboxylic acids is 1. The number of rotatable bonds is 8. The van der Waals surface area contributed by atoms with Gasteiger partial charge in [0.25, 0.3) is 5.09 Å². The SMILES string of the molecule is O=C[C@@H](Cc1ccccc1)C[C@H](O[N+](=O)[O-])c1ccccc1. The van der Waals surface area contributed by atoms with Crippen molar-refractivity contribution in [2.75, 3.05) is 0 Å². The van der Waals surface area contributed by atoms with Crippen molar-refractivity contribution in [3.8, 4) is 0 Å². The second kappa shape index (κ2) is 7.93. The summed E-state index contributed by atoms with van der Waals surface area (Å²) >= 11 is 0. The van der Waals surface area contributed by atoms with E-state index in [9.17, 15) is 14.9 Å². The molecule has 22 heavy (non-hydrogen) atoms. The van der Waals surface area contributed by atoms with E-state index < -0.39 is 11.2 Å². The number of hydrogen-bond donors (Lipinski definition) is 0. The van der Waals surface area contributed by atoms with Crippen LogP contribution in [0, 0.1) is 16.0 Å². The minimum Gasteiger partial charge on any atom is -0.306 e. The number of benzene rings is 2. The first-order valence-electron chi connectivity index (χ1n) is 7.04. The van der Waals surface area contributed by atoms with Gasteiger partial charge >= 0.3 is 0 Å². The fraction of sp³-hybridized carbons (Fsp3) is 0.235. The molecule has 0 aliphatic heterocycles. The molecular formula is C17H17NO4. The van der Waals surface area contributed by atoms with E-state index in [1.807, 2.05) is 36.4 Å². The summed E-state index contributed by atoms with van der Waals surface area (Å²) in [7, 11) is 0. The van der Waals surface area contributed by atoms with Gasteiger partial charge in [-0.25, -0.2) is 0 Å². The molecule has 0 heterocycles. The van der Waals surface area contributed by atoms with Crippen LogP contribution >= 0.6 is 0 Å². The molecule has 0 radical (unpaired) electrons. The topological polar surface area (TPSA) is 69.4 Å². The van der Waals surface area contributed by atoms with Crippen molar-refractivity contribution in [1.29, 1.82) is 0 Å². The molecule has 0 amide bonds. The Labute approximate surface area is 128 Å². The zero-order valence-electron chi connectivity index (χ0n) is 12.0. The highest BCUT2D eigenvalue weighted by Gasteiger charge is 2.21. The summed E-state index contributed by atoms with van der Waals surface area (Å²) in [4.78, 5) is 26.8. The predicted molar refractivity (Wildman–Crippen MR) is 81.6 cm³/mol. The molecule has 0 aromatic heterocycles. The lowest BCUT2D eigenvalue weighted by Gasteiger charge is -2.19. The van der Waals surface area contributed by atoms with Crippen molar-refractivity contribution >= 4 is 6.29 Å². The van der Waals surface area contributed by atoms with E-state index in [1.165, 1.54) is 0 Å². The summed E-state index contributed by atoms with van der Waals surface area (Å²) in [6, 6.07) is 18.5. The van der Waals surface area contributed by atoms with Gasteiger partial charge in [-0.3, -0.25) is 0 Å². The van der Waals surface area contributed by atoms with Crippen molar-refractivity contribution in [3.05, 3.63) is 81.9 Å². The van der Waals surface area contributed by atoms with Gasteiger partial charge in [0.2, 0.25) is 0 Å². The molecule has 0 N–H and O–H groups in total. The molecular weight excluding hydrogens is 282 g/mol. The third-order valence-corrected chi connectivity index (χ3v) is 3.43. The maximum absolute atomic E-state index is 11.3. The van der Waals surface area contributed by atoms with Crippen LogP contribution in [0.4, 0.5) is 0 Å². The second-order valence-corrected chi connectivity index (χ2v) is 5.05. The van der Waals surface area contributed by atoms with Crippen LogP contribution in [0.2, 0.25) is 0 Å². The Kier molecular flexibility index (Phi) is 5.65. The largest absolute Gasteiger partial charge is 0.306 e. The zero-order chi connectivity index (χ0) is 15.8. The molecule has 114 valence electrons. The van der Waals surface area contributed by atoms with Crippen molar-refractivity contribution in [3.63, 3.8) is 0 Å². The molecule has 2 aromatic rings. The quantitative estimate of drug-likeness (QED) is 0.425. The summed E-state index contributed by atoms with van der Waals surface area (Å²) in [5.74, 6) is -0.340. The number of hydrogen-bond acceptors (Lipinski definition) is 4. The van der Waals surface area contributed by atoms with E-state index in [0.29, 0.717) is 12.0 Å². The average Bonchev–Trinajstić information content (AvgIpc) is 2.55. The smallest absolute Gasteiger partial charge is 0.295 e. The van der Waals surface area contributed by atoms with Gasteiger partial charge in [-0.05, 0) is 24.0 Å².